The second-order valence-electron chi connectivity index (χ2n) is 8.34. The van der Waals surface area contributed by atoms with Gasteiger partial charge in [-0.3, -0.25) is 0 Å². The molecule has 1 atom stereocenters. The largest absolute Gasteiger partial charge is 0.497 e. The van der Waals surface area contributed by atoms with Crippen LogP contribution in [0.25, 0.3) is 0 Å². The number of ether oxygens (including phenoxy) is 2. The van der Waals surface area contributed by atoms with Crippen LogP contribution in [0.1, 0.15) is 51.0 Å². The van der Waals surface area contributed by atoms with Gasteiger partial charge >= 0.3 is 0 Å². The van der Waals surface area contributed by atoms with Gasteiger partial charge in [-0.1, -0.05) is 0 Å². The van der Waals surface area contributed by atoms with Crippen LogP contribution in [0, 0.1) is 5.92 Å². The summed E-state index contributed by atoms with van der Waals surface area (Å²) in [5, 5.41) is 6.92. The third-order valence-electron chi connectivity index (χ3n) is 5.90. The van der Waals surface area contributed by atoms with Crippen molar-refractivity contribution in [1.29, 1.82) is 0 Å². The van der Waals surface area contributed by atoms with Crippen molar-refractivity contribution in [3.8, 4) is 11.5 Å². The molecule has 0 spiro atoms. The zero-order chi connectivity index (χ0) is 20.5. The Balaban J connectivity index is 0.00000320. The number of guanidine groups is 1. The lowest BCUT2D eigenvalue weighted by Gasteiger charge is -2.30. The van der Waals surface area contributed by atoms with E-state index in [0.29, 0.717) is 18.6 Å². The van der Waals surface area contributed by atoms with Crippen LogP contribution in [-0.2, 0) is 6.54 Å². The number of likely N-dealkylation sites (tertiary alicyclic amines) is 1. The Morgan fingerprint density at radius 1 is 1.17 bits per heavy atom. The van der Waals surface area contributed by atoms with Crippen molar-refractivity contribution in [2.45, 2.75) is 58.1 Å². The number of aliphatic imine (C=N–C) groups is 1. The Bertz CT molecular complexity index is 665. The van der Waals surface area contributed by atoms with Crippen LogP contribution in [0.2, 0.25) is 0 Å². The molecule has 1 unspecified atom stereocenters. The fourth-order valence-corrected chi connectivity index (χ4v) is 4.27. The van der Waals surface area contributed by atoms with Gasteiger partial charge in [-0.2, -0.15) is 0 Å². The highest BCUT2D eigenvalue weighted by molar-refractivity contribution is 14.0. The average Bonchev–Trinajstić information content (AvgIpc) is 3.24. The van der Waals surface area contributed by atoms with Gasteiger partial charge in [0, 0.05) is 31.3 Å². The van der Waals surface area contributed by atoms with E-state index in [9.17, 15) is 0 Å². The number of nitrogens with one attached hydrogen (secondary N) is 2. The van der Waals surface area contributed by atoms with E-state index in [1.54, 1.807) is 7.11 Å². The van der Waals surface area contributed by atoms with E-state index >= 15 is 0 Å². The molecule has 1 saturated carbocycles. The van der Waals surface area contributed by atoms with Crippen molar-refractivity contribution < 1.29 is 9.47 Å². The van der Waals surface area contributed by atoms with Crippen LogP contribution in [0.15, 0.2) is 23.2 Å². The van der Waals surface area contributed by atoms with Crippen molar-refractivity contribution in [2.24, 2.45) is 10.9 Å². The Labute approximate surface area is 199 Å². The van der Waals surface area contributed by atoms with Gasteiger partial charge in [0.05, 0.1) is 19.8 Å². The summed E-state index contributed by atoms with van der Waals surface area (Å²) >= 11 is 0. The van der Waals surface area contributed by atoms with Crippen LogP contribution in [0.4, 0.5) is 0 Å². The van der Waals surface area contributed by atoms with E-state index in [0.717, 1.165) is 55.5 Å². The van der Waals surface area contributed by atoms with Crippen molar-refractivity contribution in [3.05, 3.63) is 23.8 Å². The molecule has 1 heterocycles. The monoisotopic (exact) mass is 530 g/mol. The van der Waals surface area contributed by atoms with Crippen molar-refractivity contribution in [1.82, 2.24) is 15.5 Å². The van der Waals surface area contributed by atoms with Crippen molar-refractivity contribution >= 4 is 29.9 Å². The molecule has 30 heavy (non-hydrogen) atoms. The Morgan fingerprint density at radius 2 is 1.97 bits per heavy atom. The minimum absolute atomic E-state index is 0. The maximum absolute atomic E-state index is 6.31. The van der Waals surface area contributed by atoms with Crippen LogP contribution < -0.4 is 20.1 Å². The molecule has 0 amide bonds. The summed E-state index contributed by atoms with van der Waals surface area (Å²) in [5.41, 5.74) is 1.10. The van der Waals surface area contributed by atoms with Gasteiger partial charge in [-0.25, -0.2) is 4.99 Å². The second kappa shape index (κ2) is 13.2. The lowest BCUT2D eigenvalue weighted by Crippen LogP contribution is -2.43. The fraction of sp³-hybridized carbons (Fsp3) is 0.696. The number of methoxy groups -OCH3 is 1. The summed E-state index contributed by atoms with van der Waals surface area (Å²) in [7, 11) is 3.91. The lowest BCUT2D eigenvalue weighted by atomic mass is 9.99. The van der Waals surface area contributed by atoms with Gasteiger partial charge in [0.15, 0.2) is 5.96 Å². The molecule has 3 rings (SSSR count). The van der Waals surface area contributed by atoms with Gasteiger partial charge in [-0.15, -0.1) is 24.0 Å². The molecule has 2 aliphatic rings. The molecule has 1 saturated heterocycles. The number of rotatable bonds is 8. The van der Waals surface area contributed by atoms with Crippen LogP contribution in [0.3, 0.4) is 0 Å². The minimum atomic E-state index is 0. The Morgan fingerprint density at radius 3 is 2.67 bits per heavy atom. The first-order chi connectivity index (χ1) is 14.2. The van der Waals surface area contributed by atoms with Crippen LogP contribution >= 0.6 is 24.0 Å². The van der Waals surface area contributed by atoms with E-state index < -0.39 is 0 Å². The summed E-state index contributed by atoms with van der Waals surface area (Å²) in [5.74, 6) is 3.30. The van der Waals surface area contributed by atoms with Crippen LogP contribution in [0.5, 0.6) is 11.5 Å². The molecule has 1 aromatic rings. The predicted octanol–water partition coefficient (Wildman–Crippen LogP) is 4.03. The molecule has 1 aliphatic carbocycles. The zero-order valence-electron chi connectivity index (χ0n) is 18.8. The van der Waals surface area contributed by atoms with Gasteiger partial charge < -0.3 is 25.0 Å². The Hall–Kier alpha value is -1.22. The standard InChI is InChI=1S/C23H38N4O2.HI/c1-4-24-23(25-15-18-8-7-13-27(2)17-18)26-16-19-11-12-21(28-3)14-22(19)29-20-9-5-6-10-20;/h11-12,14,18,20H,4-10,13,15-17H2,1-3H3,(H2,24,25,26);1H. The fourth-order valence-electron chi connectivity index (χ4n) is 4.27. The van der Waals surface area contributed by atoms with E-state index in [2.05, 4.69) is 35.6 Å². The van der Waals surface area contributed by atoms with Crippen molar-refractivity contribution in [3.63, 3.8) is 0 Å². The predicted molar refractivity (Wildman–Crippen MR) is 134 cm³/mol. The summed E-state index contributed by atoms with van der Waals surface area (Å²) < 4.78 is 11.7. The molecule has 0 aromatic heterocycles. The van der Waals surface area contributed by atoms with E-state index in [1.807, 2.05) is 12.1 Å². The second-order valence-corrected chi connectivity index (χ2v) is 8.34. The topological polar surface area (TPSA) is 58.1 Å². The number of nitrogens with zero attached hydrogens (tertiary/aromatic N) is 2. The first-order valence-corrected chi connectivity index (χ1v) is 11.2. The van der Waals surface area contributed by atoms with E-state index in [4.69, 9.17) is 14.5 Å². The number of hydrogen-bond acceptors (Lipinski definition) is 4. The molecule has 0 bridgehead atoms. The third kappa shape index (κ3) is 7.80. The highest BCUT2D eigenvalue weighted by atomic mass is 127. The van der Waals surface area contributed by atoms with E-state index in [-0.39, 0.29) is 24.0 Å². The highest BCUT2D eigenvalue weighted by Crippen LogP contribution is 2.30. The lowest BCUT2D eigenvalue weighted by molar-refractivity contribution is 0.207. The Kier molecular flexibility index (Phi) is 11.1. The molecular weight excluding hydrogens is 491 g/mol. The first-order valence-electron chi connectivity index (χ1n) is 11.2. The molecule has 1 aliphatic heterocycles. The summed E-state index contributed by atoms with van der Waals surface area (Å²) in [6, 6.07) is 6.07. The molecule has 2 N–H and O–H groups in total. The molecule has 0 radical (unpaired) electrons. The summed E-state index contributed by atoms with van der Waals surface area (Å²) in [6.45, 7) is 6.88. The molecule has 2 fully saturated rings. The van der Waals surface area contributed by atoms with Gasteiger partial charge in [0.1, 0.15) is 11.5 Å². The smallest absolute Gasteiger partial charge is 0.191 e. The zero-order valence-corrected chi connectivity index (χ0v) is 21.1. The van der Waals surface area contributed by atoms with E-state index in [1.165, 1.54) is 32.2 Å². The number of hydrogen-bond donors (Lipinski definition) is 2. The quantitative estimate of drug-likeness (QED) is 0.302. The van der Waals surface area contributed by atoms with Crippen LogP contribution in [-0.4, -0.2) is 57.3 Å². The molecule has 7 heteroatoms. The maximum atomic E-state index is 6.31. The average molecular weight is 530 g/mol. The maximum Gasteiger partial charge on any atom is 0.191 e. The normalized spacial score (nSPS) is 20.5. The molecule has 170 valence electrons. The first kappa shape index (κ1) is 25.0. The van der Waals surface area contributed by atoms with Gasteiger partial charge in [0.2, 0.25) is 0 Å². The number of piperidine rings is 1. The number of halogens is 1. The summed E-state index contributed by atoms with van der Waals surface area (Å²) in [6.07, 6.45) is 7.68. The minimum Gasteiger partial charge on any atom is -0.497 e. The number of benzene rings is 1. The molecular formula is C23H39IN4O2. The summed E-state index contributed by atoms with van der Waals surface area (Å²) in [4.78, 5) is 7.26. The van der Waals surface area contributed by atoms with Crippen molar-refractivity contribution in [2.75, 3.05) is 40.3 Å². The SMILES string of the molecule is CCNC(=NCc1ccc(OC)cc1OC1CCCC1)NCC1CCCN(C)C1.I. The van der Waals surface area contributed by atoms with Gasteiger partial charge in [-0.05, 0) is 77.1 Å². The van der Waals surface area contributed by atoms with Gasteiger partial charge in [0.25, 0.3) is 0 Å². The molecule has 1 aromatic carbocycles. The highest BCUT2D eigenvalue weighted by Gasteiger charge is 2.19. The third-order valence-corrected chi connectivity index (χ3v) is 5.90. The molecule has 6 nitrogen and oxygen atoms in total.